The molecule has 0 fully saturated rings. The monoisotopic (exact) mass is 315 g/mol. The summed E-state index contributed by atoms with van der Waals surface area (Å²) in [5.41, 5.74) is 2.22. The molecule has 2 heterocycles. The normalized spacial score (nSPS) is 11.9. The molecule has 3 rings (SSSR count). The zero-order valence-corrected chi connectivity index (χ0v) is 11.4. The van der Waals surface area contributed by atoms with E-state index in [0.29, 0.717) is 5.65 Å². The van der Waals surface area contributed by atoms with Crippen molar-refractivity contribution in [1.29, 1.82) is 0 Å². The van der Waals surface area contributed by atoms with Crippen molar-refractivity contribution >= 4 is 39.1 Å². The van der Waals surface area contributed by atoms with Gasteiger partial charge in [-0.2, -0.15) is 0 Å². The highest BCUT2D eigenvalue weighted by atomic mass is 79.9. The number of fused-ring (bicyclic) bond motifs is 1. The van der Waals surface area contributed by atoms with Gasteiger partial charge in [0.2, 0.25) is 0 Å². The molecule has 4 nitrogen and oxygen atoms in total. The third-order valence-electron chi connectivity index (χ3n) is 2.71. The largest absolute Gasteiger partial charge is 0.506 e. The lowest BCUT2D eigenvalue weighted by Gasteiger charge is -2.01. The number of halogens is 1. The van der Waals surface area contributed by atoms with Crippen molar-refractivity contribution < 1.29 is 5.11 Å². The fourth-order valence-electron chi connectivity index (χ4n) is 1.80. The molecule has 0 amide bonds. The topological polar surface area (TPSA) is 50.9 Å². The predicted molar refractivity (Wildman–Crippen MR) is 78.5 cm³/mol. The minimum atomic E-state index is 0.171. The van der Waals surface area contributed by atoms with Gasteiger partial charge in [-0.15, -0.1) is 0 Å². The number of pyridine rings is 1. The lowest BCUT2D eigenvalue weighted by molar-refractivity contribution is 0.513. The number of hydrogen-bond acceptors (Lipinski definition) is 3. The third-order valence-corrected chi connectivity index (χ3v) is 3.14. The molecule has 0 aliphatic heterocycles. The van der Waals surface area contributed by atoms with E-state index < -0.39 is 0 Å². The molecular formula is C14H10BrN3O. The van der Waals surface area contributed by atoms with Crippen LogP contribution in [0, 0.1) is 0 Å². The quantitative estimate of drug-likeness (QED) is 0.733. The summed E-state index contributed by atoms with van der Waals surface area (Å²) < 4.78 is 2.57. The van der Waals surface area contributed by atoms with E-state index in [0.717, 1.165) is 15.6 Å². The van der Waals surface area contributed by atoms with E-state index in [4.69, 9.17) is 0 Å². The Hall–Kier alpha value is -2.14. The average molecular weight is 316 g/mol. The molecule has 0 saturated heterocycles. The van der Waals surface area contributed by atoms with Crippen LogP contribution >= 0.6 is 15.9 Å². The predicted octanol–water partition coefficient (Wildman–Crippen LogP) is 3.71. The van der Waals surface area contributed by atoms with E-state index >= 15 is 0 Å². The van der Waals surface area contributed by atoms with Crippen LogP contribution in [-0.4, -0.2) is 19.6 Å². The summed E-state index contributed by atoms with van der Waals surface area (Å²) in [6.07, 6.45) is 4.93. The first-order valence-electron chi connectivity index (χ1n) is 5.68. The summed E-state index contributed by atoms with van der Waals surface area (Å²) in [4.78, 5) is 8.53. The van der Waals surface area contributed by atoms with Gasteiger partial charge in [-0.1, -0.05) is 30.3 Å². The first-order chi connectivity index (χ1) is 9.24. The zero-order valence-electron chi connectivity index (χ0n) is 9.86. The smallest absolute Gasteiger partial charge is 0.164 e. The maximum atomic E-state index is 10.1. The summed E-state index contributed by atoms with van der Waals surface area (Å²) in [7, 11) is 0. The summed E-state index contributed by atoms with van der Waals surface area (Å²) in [6, 6.07) is 11.2. The van der Waals surface area contributed by atoms with Crippen molar-refractivity contribution in [1.82, 2.24) is 14.5 Å². The highest BCUT2D eigenvalue weighted by Crippen LogP contribution is 2.18. The Morgan fingerprint density at radius 1 is 1.21 bits per heavy atom. The lowest BCUT2D eigenvalue weighted by atomic mass is 10.2. The molecule has 0 aliphatic rings. The summed E-state index contributed by atoms with van der Waals surface area (Å²) in [6.45, 7) is 0. The molecule has 0 aliphatic carbocycles. The minimum absolute atomic E-state index is 0.171. The van der Waals surface area contributed by atoms with Crippen LogP contribution in [0.1, 0.15) is 5.56 Å². The Morgan fingerprint density at radius 2 is 2.00 bits per heavy atom. The highest BCUT2D eigenvalue weighted by Gasteiger charge is 2.04. The van der Waals surface area contributed by atoms with Crippen LogP contribution in [-0.2, 0) is 0 Å². The van der Waals surface area contributed by atoms with Gasteiger partial charge in [-0.25, -0.2) is 9.97 Å². The number of imidazole rings is 1. The maximum Gasteiger partial charge on any atom is 0.164 e. The second-order valence-corrected chi connectivity index (χ2v) is 4.94. The Bertz CT molecular complexity index is 750. The standard InChI is InChI=1S/C14H10BrN3O/c15-11-6-12-14(16-7-11)18(9-17-12)8-13(19)10-4-2-1-3-5-10/h1-9,19H/b13-8-. The number of rotatable bonds is 2. The van der Waals surface area contributed by atoms with E-state index in [9.17, 15) is 5.11 Å². The minimum Gasteiger partial charge on any atom is -0.506 e. The number of aliphatic hydroxyl groups excluding tert-OH is 1. The molecular weight excluding hydrogens is 306 g/mol. The fourth-order valence-corrected chi connectivity index (χ4v) is 2.12. The highest BCUT2D eigenvalue weighted by molar-refractivity contribution is 9.10. The molecule has 0 unspecified atom stereocenters. The first kappa shape index (κ1) is 11.9. The van der Waals surface area contributed by atoms with E-state index in [-0.39, 0.29) is 5.76 Å². The van der Waals surface area contributed by atoms with Crippen LogP contribution in [0.15, 0.2) is 53.4 Å². The number of hydrogen-bond donors (Lipinski definition) is 1. The van der Waals surface area contributed by atoms with Gasteiger partial charge in [-0.3, -0.25) is 4.57 Å². The van der Waals surface area contributed by atoms with Crippen LogP contribution in [0.4, 0.5) is 0 Å². The molecule has 1 N–H and O–H groups in total. The van der Waals surface area contributed by atoms with Crippen LogP contribution in [0.3, 0.4) is 0 Å². The lowest BCUT2D eigenvalue weighted by Crippen LogP contribution is -1.90. The van der Waals surface area contributed by atoms with E-state index in [2.05, 4.69) is 25.9 Å². The molecule has 5 heteroatoms. The van der Waals surface area contributed by atoms with Gasteiger partial charge < -0.3 is 5.11 Å². The molecule has 0 bridgehead atoms. The molecule has 3 aromatic rings. The van der Waals surface area contributed by atoms with Crippen LogP contribution < -0.4 is 0 Å². The van der Waals surface area contributed by atoms with Crippen LogP contribution in [0.5, 0.6) is 0 Å². The molecule has 0 saturated carbocycles. The summed E-state index contributed by atoms with van der Waals surface area (Å²) in [5, 5.41) is 10.1. The number of aliphatic hydroxyl groups is 1. The maximum absolute atomic E-state index is 10.1. The number of aromatic nitrogens is 3. The Morgan fingerprint density at radius 3 is 2.79 bits per heavy atom. The number of benzene rings is 1. The van der Waals surface area contributed by atoms with Crippen molar-refractivity contribution in [2.45, 2.75) is 0 Å². The molecule has 19 heavy (non-hydrogen) atoms. The van der Waals surface area contributed by atoms with Crippen molar-refractivity contribution in [2.75, 3.05) is 0 Å². The van der Waals surface area contributed by atoms with Crippen molar-refractivity contribution in [3.8, 4) is 0 Å². The zero-order chi connectivity index (χ0) is 13.2. The van der Waals surface area contributed by atoms with Gasteiger partial charge in [0.15, 0.2) is 5.65 Å². The third kappa shape index (κ3) is 2.37. The Kier molecular flexibility index (Phi) is 3.05. The molecule has 2 aromatic heterocycles. The molecule has 0 spiro atoms. The van der Waals surface area contributed by atoms with Crippen molar-refractivity contribution in [3.63, 3.8) is 0 Å². The molecule has 0 radical (unpaired) electrons. The Balaban J connectivity index is 2.06. The second kappa shape index (κ2) is 4.85. The SMILES string of the molecule is O/C(=C\n1cnc2cc(Br)cnc21)c1ccccc1. The van der Waals surface area contributed by atoms with E-state index in [1.54, 1.807) is 23.3 Å². The summed E-state index contributed by atoms with van der Waals surface area (Å²) in [5.74, 6) is 0.171. The average Bonchev–Trinajstić information content (AvgIpc) is 2.82. The van der Waals surface area contributed by atoms with Gasteiger partial charge in [-0.05, 0) is 22.0 Å². The molecule has 1 aromatic carbocycles. The van der Waals surface area contributed by atoms with Gasteiger partial charge in [0.1, 0.15) is 17.6 Å². The Labute approximate surface area is 118 Å². The molecule has 94 valence electrons. The first-order valence-corrected chi connectivity index (χ1v) is 6.47. The van der Waals surface area contributed by atoms with Gasteiger partial charge >= 0.3 is 0 Å². The number of nitrogens with zero attached hydrogens (tertiary/aromatic N) is 3. The van der Waals surface area contributed by atoms with Gasteiger partial charge in [0.05, 0.1) is 6.20 Å². The second-order valence-electron chi connectivity index (χ2n) is 4.03. The fraction of sp³-hybridized carbons (Fsp3) is 0. The molecule has 0 atom stereocenters. The van der Waals surface area contributed by atoms with Crippen molar-refractivity contribution in [3.05, 3.63) is 59.0 Å². The van der Waals surface area contributed by atoms with Crippen LogP contribution in [0.2, 0.25) is 0 Å². The van der Waals surface area contributed by atoms with E-state index in [1.807, 2.05) is 36.4 Å². The van der Waals surface area contributed by atoms with Crippen LogP contribution in [0.25, 0.3) is 23.1 Å². The van der Waals surface area contributed by atoms with Gasteiger partial charge in [0, 0.05) is 16.2 Å². The van der Waals surface area contributed by atoms with Gasteiger partial charge in [0.25, 0.3) is 0 Å². The van der Waals surface area contributed by atoms with Crippen molar-refractivity contribution in [2.24, 2.45) is 0 Å². The summed E-state index contributed by atoms with van der Waals surface area (Å²) >= 11 is 3.35. The van der Waals surface area contributed by atoms with E-state index in [1.165, 1.54) is 0 Å².